The van der Waals surface area contributed by atoms with Gasteiger partial charge in [-0.3, -0.25) is 14.5 Å². The molecule has 1 fully saturated rings. The Balaban J connectivity index is 1.43. The van der Waals surface area contributed by atoms with Crippen LogP contribution in [0.15, 0.2) is 54.7 Å². The standard InChI is InChI=1S/C23H24N4O4S/c1-30-19-8-7-17(13-18(19)26-21(28)15-27-9-11-31-12-10-27)25-22(29)23-24-14-20(32-23)16-5-3-2-4-6-16/h2-8,13-14H,9-12,15H2,1H3,(H,25,29)(H,26,28). The van der Waals surface area contributed by atoms with Crippen LogP contribution in [0.2, 0.25) is 0 Å². The Morgan fingerprint density at radius 1 is 1.12 bits per heavy atom. The number of nitrogens with one attached hydrogen (secondary N) is 2. The molecule has 1 aliphatic rings. The zero-order valence-electron chi connectivity index (χ0n) is 17.7. The fourth-order valence-electron chi connectivity index (χ4n) is 3.34. The monoisotopic (exact) mass is 452 g/mol. The quantitative estimate of drug-likeness (QED) is 0.571. The van der Waals surface area contributed by atoms with Crippen molar-refractivity contribution in [3.63, 3.8) is 0 Å². The molecule has 2 amide bonds. The molecule has 166 valence electrons. The van der Waals surface area contributed by atoms with E-state index in [0.29, 0.717) is 35.3 Å². The number of carbonyl (C=O) groups is 2. The van der Waals surface area contributed by atoms with Crippen molar-refractivity contribution in [2.75, 3.05) is 50.6 Å². The normalized spacial score (nSPS) is 14.0. The van der Waals surface area contributed by atoms with Gasteiger partial charge in [0.15, 0.2) is 5.01 Å². The van der Waals surface area contributed by atoms with E-state index in [0.717, 1.165) is 23.5 Å². The minimum Gasteiger partial charge on any atom is -0.495 e. The third-order valence-electron chi connectivity index (χ3n) is 4.96. The van der Waals surface area contributed by atoms with Gasteiger partial charge in [0.25, 0.3) is 5.91 Å². The van der Waals surface area contributed by atoms with Crippen molar-refractivity contribution in [3.05, 3.63) is 59.7 Å². The molecular weight excluding hydrogens is 428 g/mol. The average molecular weight is 453 g/mol. The zero-order valence-corrected chi connectivity index (χ0v) is 18.5. The summed E-state index contributed by atoms with van der Waals surface area (Å²) in [5.74, 6) is 0.0491. The van der Waals surface area contributed by atoms with Gasteiger partial charge in [-0.2, -0.15) is 0 Å². The van der Waals surface area contributed by atoms with Crippen LogP contribution >= 0.6 is 11.3 Å². The number of amides is 2. The second kappa shape index (κ2) is 10.4. The van der Waals surface area contributed by atoms with Gasteiger partial charge in [0.05, 0.1) is 37.4 Å². The molecule has 0 spiro atoms. The van der Waals surface area contributed by atoms with Crippen molar-refractivity contribution >= 4 is 34.5 Å². The maximum atomic E-state index is 12.7. The van der Waals surface area contributed by atoms with Crippen molar-refractivity contribution in [1.82, 2.24) is 9.88 Å². The number of thiazole rings is 1. The first kappa shape index (κ1) is 21.9. The lowest BCUT2D eigenvalue weighted by atomic mass is 10.2. The van der Waals surface area contributed by atoms with Crippen LogP contribution in [-0.4, -0.2) is 61.7 Å². The molecule has 1 aromatic heterocycles. The minimum absolute atomic E-state index is 0.152. The van der Waals surface area contributed by atoms with Crippen LogP contribution in [0.5, 0.6) is 5.75 Å². The lowest BCUT2D eigenvalue weighted by molar-refractivity contribution is -0.118. The van der Waals surface area contributed by atoms with Crippen molar-refractivity contribution in [2.45, 2.75) is 0 Å². The number of benzene rings is 2. The molecule has 3 aromatic rings. The largest absolute Gasteiger partial charge is 0.495 e. The molecule has 8 nitrogen and oxygen atoms in total. The van der Waals surface area contributed by atoms with Gasteiger partial charge in [-0.25, -0.2) is 4.98 Å². The first-order valence-electron chi connectivity index (χ1n) is 10.2. The molecule has 0 saturated carbocycles. The summed E-state index contributed by atoms with van der Waals surface area (Å²) in [5.41, 5.74) is 2.04. The minimum atomic E-state index is -0.312. The molecule has 1 saturated heterocycles. The summed E-state index contributed by atoms with van der Waals surface area (Å²) in [7, 11) is 1.53. The number of anilines is 2. The molecule has 0 atom stereocenters. The van der Waals surface area contributed by atoms with Crippen molar-refractivity contribution in [1.29, 1.82) is 0 Å². The Hall–Kier alpha value is -3.27. The predicted molar refractivity (Wildman–Crippen MR) is 124 cm³/mol. The van der Waals surface area contributed by atoms with Crippen LogP contribution in [-0.2, 0) is 9.53 Å². The Morgan fingerprint density at radius 3 is 2.66 bits per heavy atom. The summed E-state index contributed by atoms with van der Waals surface area (Å²) in [4.78, 5) is 32.4. The van der Waals surface area contributed by atoms with Gasteiger partial charge in [-0.15, -0.1) is 11.3 Å². The zero-order chi connectivity index (χ0) is 22.3. The summed E-state index contributed by atoms with van der Waals surface area (Å²) in [6, 6.07) is 14.9. The van der Waals surface area contributed by atoms with E-state index in [1.807, 2.05) is 35.2 Å². The van der Waals surface area contributed by atoms with E-state index in [2.05, 4.69) is 15.6 Å². The van der Waals surface area contributed by atoms with Crippen LogP contribution < -0.4 is 15.4 Å². The Bertz CT molecular complexity index is 1080. The highest BCUT2D eigenvalue weighted by molar-refractivity contribution is 7.17. The molecule has 0 unspecified atom stereocenters. The molecule has 2 heterocycles. The highest BCUT2D eigenvalue weighted by Gasteiger charge is 2.17. The third kappa shape index (κ3) is 5.50. The lowest BCUT2D eigenvalue weighted by Gasteiger charge is -2.26. The smallest absolute Gasteiger partial charge is 0.284 e. The predicted octanol–water partition coefficient (Wildman–Crippen LogP) is 3.34. The van der Waals surface area contributed by atoms with E-state index in [4.69, 9.17) is 9.47 Å². The first-order valence-corrected chi connectivity index (χ1v) is 11.0. The van der Waals surface area contributed by atoms with Gasteiger partial charge in [0.2, 0.25) is 5.91 Å². The fourth-order valence-corrected chi connectivity index (χ4v) is 4.15. The van der Waals surface area contributed by atoms with Gasteiger partial charge in [0, 0.05) is 25.0 Å². The third-order valence-corrected chi connectivity index (χ3v) is 6.01. The van der Waals surface area contributed by atoms with E-state index in [1.165, 1.54) is 18.4 Å². The number of carbonyl (C=O) groups excluding carboxylic acids is 2. The van der Waals surface area contributed by atoms with E-state index >= 15 is 0 Å². The second-order valence-corrected chi connectivity index (χ2v) is 8.23. The van der Waals surface area contributed by atoms with Crippen LogP contribution in [0, 0.1) is 0 Å². The first-order chi connectivity index (χ1) is 15.6. The van der Waals surface area contributed by atoms with Crippen molar-refractivity contribution in [2.24, 2.45) is 0 Å². The molecule has 0 bridgehead atoms. The summed E-state index contributed by atoms with van der Waals surface area (Å²) < 4.78 is 10.7. The molecule has 0 radical (unpaired) electrons. The van der Waals surface area contributed by atoms with Crippen LogP contribution in [0.4, 0.5) is 11.4 Å². The summed E-state index contributed by atoms with van der Waals surface area (Å²) >= 11 is 1.32. The molecular formula is C23H24N4O4S. The SMILES string of the molecule is COc1ccc(NC(=O)c2ncc(-c3ccccc3)s2)cc1NC(=O)CN1CCOCC1. The number of aromatic nitrogens is 1. The highest BCUT2D eigenvalue weighted by atomic mass is 32.1. The maximum absolute atomic E-state index is 12.7. The molecule has 2 aromatic carbocycles. The highest BCUT2D eigenvalue weighted by Crippen LogP contribution is 2.29. The number of nitrogens with zero attached hydrogens (tertiary/aromatic N) is 2. The molecule has 0 aliphatic carbocycles. The van der Waals surface area contributed by atoms with E-state index in [1.54, 1.807) is 24.4 Å². The Kier molecular flexibility index (Phi) is 7.10. The van der Waals surface area contributed by atoms with Gasteiger partial charge in [0.1, 0.15) is 5.75 Å². The number of hydrogen-bond acceptors (Lipinski definition) is 7. The van der Waals surface area contributed by atoms with Crippen LogP contribution in [0.1, 0.15) is 9.80 Å². The average Bonchev–Trinajstić information content (AvgIpc) is 3.31. The number of morpholine rings is 1. The number of ether oxygens (including phenoxy) is 2. The fraction of sp³-hybridized carbons (Fsp3) is 0.261. The summed E-state index contributed by atoms with van der Waals surface area (Å²) in [6.07, 6.45) is 1.69. The topological polar surface area (TPSA) is 92.8 Å². The molecule has 1 aliphatic heterocycles. The number of hydrogen-bond donors (Lipinski definition) is 2. The summed E-state index contributed by atoms with van der Waals surface area (Å²) in [6.45, 7) is 2.96. The number of methoxy groups -OCH3 is 1. The molecule has 2 N–H and O–H groups in total. The van der Waals surface area contributed by atoms with Crippen LogP contribution in [0.25, 0.3) is 10.4 Å². The molecule has 32 heavy (non-hydrogen) atoms. The van der Waals surface area contributed by atoms with Gasteiger partial charge < -0.3 is 20.1 Å². The summed E-state index contributed by atoms with van der Waals surface area (Å²) in [5, 5.41) is 6.08. The van der Waals surface area contributed by atoms with Crippen molar-refractivity contribution in [3.8, 4) is 16.2 Å². The lowest BCUT2D eigenvalue weighted by Crippen LogP contribution is -2.41. The van der Waals surface area contributed by atoms with Crippen LogP contribution in [0.3, 0.4) is 0 Å². The Labute approximate surface area is 190 Å². The van der Waals surface area contributed by atoms with E-state index in [-0.39, 0.29) is 18.4 Å². The van der Waals surface area contributed by atoms with E-state index in [9.17, 15) is 9.59 Å². The van der Waals surface area contributed by atoms with Gasteiger partial charge in [-0.05, 0) is 23.8 Å². The molecule has 9 heteroatoms. The van der Waals surface area contributed by atoms with Gasteiger partial charge in [-0.1, -0.05) is 30.3 Å². The Morgan fingerprint density at radius 2 is 1.91 bits per heavy atom. The molecule has 4 rings (SSSR count). The number of rotatable bonds is 7. The van der Waals surface area contributed by atoms with Gasteiger partial charge >= 0.3 is 0 Å². The second-order valence-electron chi connectivity index (χ2n) is 7.20. The maximum Gasteiger partial charge on any atom is 0.284 e. The van der Waals surface area contributed by atoms with E-state index < -0.39 is 0 Å². The van der Waals surface area contributed by atoms with Crippen molar-refractivity contribution < 1.29 is 19.1 Å².